The minimum atomic E-state index is -0.261. The second-order valence-electron chi connectivity index (χ2n) is 3.27. The van der Waals surface area contributed by atoms with Crippen molar-refractivity contribution in [2.24, 2.45) is 5.73 Å². The van der Waals surface area contributed by atoms with Crippen LogP contribution in [0.5, 0.6) is 0 Å². The van der Waals surface area contributed by atoms with Crippen LogP contribution in [0.4, 0.5) is 4.39 Å². The molecule has 0 bridgehead atoms. The standard InChI is InChI=1S/C11H12FN3/c12-9-2-1-3-11(8-9)15-7-5-10(14-15)4-6-13/h1-3,5,7-8H,4,6,13H2. The number of nitrogens with zero attached hydrogens (tertiary/aromatic N) is 2. The lowest BCUT2D eigenvalue weighted by molar-refractivity contribution is 0.625. The molecule has 2 N–H and O–H groups in total. The number of halogens is 1. The summed E-state index contributed by atoms with van der Waals surface area (Å²) in [6.07, 6.45) is 2.54. The van der Waals surface area contributed by atoms with Gasteiger partial charge in [-0.1, -0.05) is 6.07 Å². The number of hydrogen-bond donors (Lipinski definition) is 1. The predicted octanol–water partition coefficient (Wildman–Crippen LogP) is 1.51. The zero-order valence-corrected chi connectivity index (χ0v) is 8.23. The molecular formula is C11H12FN3. The molecule has 0 saturated carbocycles. The monoisotopic (exact) mass is 205 g/mol. The summed E-state index contributed by atoms with van der Waals surface area (Å²) in [7, 11) is 0. The van der Waals surface area contributed by atoms with Gasteiger partial charge < -0.3 is 5.73 Å². The molecule has 0 atom stereocenters. The van der Waals surface area contributed by atoms with Crippen LogP contribution in [0.25, 0.3) is 5.69 Å². The van der Waals surface area contributed by atoms with Crippen molar-refractivity contribution in [2.45, 2.75) is 6.42 Å². The van der Waals surface area contributed by atoms with Gasteiger partial charge in [-0.3, -0.25) is 0 Å². The van der Waals surface area contributed by atoms with E-state index in [1.807, 2.05) is 12.1 Å². The molecule has 78 valence electrons. The van der Waals surface area contributed by atoms with Gasteiger partial charge in [0.1, 0.15) is 5.82 Å². The number of rotatable bonds is 3. The molecule has 15 heavy (non-hydrogen) atoms. The van der Waals surface area contributed by atoms with E-state index in [2.05, 4.69) is 5.10 Å². The molecule has 4 heteroatoms. The first-order chi connectivity index (χ1) is 7.29. The highest BCUT2D eigenvalue weighted by molar-refractivity contribution is 5.31. The molecule has 1 aromatic heterocycles. The Balaban J connectivity index is 2.29. The van der Waals surface area contributed by atoms with E-state index in [1.165, 1.54) is 12.1 Å². The van der Waals surface area contributed by atoms with Gasteiger partial charge in [-0.05, 0) is 30.8 Å². The van der Waals surface area contributed by atoms with Crippen LogP contribution in [0, 0.1) is 5.82 Å². The van der Waals surface area contributed by atoms with Crippen LogP contribution in [0.2, 0.25) is 0 Å². The summed E-state index contributed by atoms with van der Waals surface area (Å²) in [5.41, 5.74) is 7.06. The third-order valence-electron chi connectivity index (χ3n) is 2.12. The third-order valence-corrected chi connectivity index (χ3v) is 2.12. The molecule has 0 aliphatic rings. The molecule has 0 unspecified atom stereocenters. The Labute approximate surface area is 87.3 Å². The molecule has 0 radical (unpaired) electrons. The van der Waals surface area contributed by atoms with E-state index in [1.54, 1.807) is 16.9 Å². The lowest BCUT2D eigenvalue weighted by Crippen LogP contribution is -2.04. The Hall–Kier alpha value is -1.68. The fourth-order valence-electron chi connectivity index (χ4n) is 1.41. The van der Waals surface area contributed by atoms with E-state index in [0.29, 0.717) is 6.54 Å². The quantitative estimate of drug-likeness (QED) is 0.825. The van der Waals surface area contributed by atoms with E-state index < -0.39 is 0 Å². The van der Waals surface area contributed by atoms with Crippen molar-refractivity contribution < 1.29 is 4.39 Å². The van der Waals surface area contributed by atoms with Gasteiger partial charge in [-0.15, -0.1) is 0 Å². The summed E-state index contributed by atoms with van der Waals surface area (Å²) < 4.78 is 14.6. The molecule has 2 aromatic rings. The van der Waals surface area contributed by atoms with Crippen LogP contribution >= 0.6 is 0 Å². The van der Waals surface area contributed by atoms with Crippen molar-refractivity contribution in [3.05, 3.63) is 48.0 Å². The first kappa shape index (κ1) is 9.86. The highest BCUT2D eigenvalue weighted by atomic mass is 19.1. The molecule has 0 aliphatic carbocycles. The first-order valence-corrected chi connectivity index (χ1v) is 4.80. The summed E-state index contributed by atoms with van der Waals surface area (Å²) in [4.78, 5) is 0. The minimum absolute atomic E-state index is 0.261. The van der Waals surface area contributed by atoms with E-state index in [-0.39, 0.29) is 5.82 Å². The fourth-order valence-corrected chi connectivity index (χ4v) is 1.41. The predicted molar refractivity (Wildman–Crippen MR) is 56.3 cm³/mol. The lowest BCUT2D eigenvalue weighted by Gasteiger charge is -2.00. The van der Waals surface area contributed by atoms with Crippen molar-refractivity contribution in [3.8, 4) is 5.69 Å². The smallest absolute Gasteiger partial charge is 0.125 e. The Morgan fingerprint density at radius 2 is 2.20 bits per heavy atom. The Morgan fingerprint density at radius 1 is 1.33 bits per heavy atom. The van der Waals surface area contributed by atoms with Crippen molar-refractivity contribution >= 4 is 0 Å². The largest absolute Gasteiger partial charge is 0.330 e. The third kappa shape index (κ3) is 2.22. The molecule has 0 amide bonds. The summed E-state index contributed by atoms with van der Waals surface area (Å²) >= 11 is 0. The van der Waals surface area contributed by atoms with Crippen molar-refractivity contribution in [1.29, 1.82) is 0 Å². The zero-order chi connectivity index (χ0) is 10.7. The van der Waals surface area contributed by atoms with Gasteiger partial charge in [-0.2, -0.15) is 5.10 Å². The Morgan fingerprint density at radius 3 is 2.93 bits per heavy atom. The second-order valence-corrected chi connectivity index (χ2v) is 3.27. The van der Waals surface area contributed by atoms with Crippen LogP contribution in [0.3, 0.4) is 0 Å². The molecule has 0 fully saturated rings. The first-order valence-electron chi connectivity index (χ1n) is 4.80. The van der Waals surface area contributed by atoms with Crippen LogP contribution < -0.4 is 5.73 Å². The van der Waals surface area contributed by atoms with Crippen molar-refractivity contribution in [2.75, 3.05) is 6.54 Å². The molecule has 0 saturated heterocycles. The van der Waals surface area contributed by atoms with Crippen molar-refractivity contribution in [3.63, 3.8) is 0 Å². The maximum absolute atomic E-state index is 12.9. The average Bonchev–Trinajstić information content (AvgIpc) is 2.67. The number of hydrogen-bond acceptors (Lipinski definition) is 2. The molecule has 0 spiro atoms. The molecular weight excluding hydrogens is 193 g/mol. The summed E-state index contributed by atoms with van der Waals surface area (Å²) in [5.74, 6) is -0.261. The Bertz CT molecular complexity index is 451. The molecule has 0 aliphatic heterocycles. The molecule has 2 rings (SSSR count). The van der Waals surface area contributed by atoms with Gasteiger partial charge in [0.25, 0.3) is 0 Å². The zero-order valence-electron chi connectivity index (χ0n) is 8.23. The highest BCUT2D eigenvalue weighted by Crippen LogP contribution is 2.09. The van der Waals surface area contributed by atoms with Gasteiger partial charge in [0.05, 0.1) is 11.4 Å². The number of nitrogens with two attached hydrogens (primary N) is 1. The lowest BCUT2D eigenvalue weighted by atomic mass is 10.3. The fraction of sp³-hybridized carbons (Fsp3) is 0.182. The highest BCUT2D eigenvalue weighted by Gasteiger charge is 2.01. The van der Waals surface area contributed by atoms with Crippen molar-refractivity contribution in [1.82, 2.24) is 9.78 Å². The summed E-state index contributed by atoms with van der Waals surface area (Å²) in [5, 5.41) is 4.28. The van der Waals surface area contributed by atoms with E-state index in [9.17, 15) is 4.39 Å². The maximum atomic E-state index is 12.9. The topological polar surface area (TPSA) is 43.8 Å². The van der Waals surface area contributed by atoms with Crippen LogP contribution in [0.15, 0.2) is 36.5 Å². The second kappa shape index (κ2) is 4.23. The summed E-state index contributed by atoms with van der Waals surface area (Å²) in [6.45, 7) is 0.570. The Kier molecular flexibility index (Phi) is 2.78. The number of aromatic nitrogens is 2. The SMILES string of the molecule is NCCc1ccn(-c2cccc(F)c2)n1. The van der Waals surface area contributed by atoms with Crippen LogP contribution in [-0.4, -0.2) is 16.3 Å². The van der Waals surface area contributed by atoms with Gasteiger partial charge in [-0.25, -0.2) is 9.07 Å². The summed E-state index contributed by atoms with van der Waals surface area (Å²) in [6, 6.07) is 8.21. The van der Waals surface area contributed by atoms with Gasteiger partial charge >= 0.3 is 0 Å². The molecule has 1 aromatic carbocycles. The van der Waals surface area contributed by atoms with Crippen LogP contribution in [0.1, 0.15) is 5.69 Å². The van der Waals surface area contributed by atoms with Crippen LogP contribution in [-0.2, 0) is 6.42 Å². The van der Waals surface area contributed by atoms with E-state index in [0.717, 1.165) is 17.8 Å². The van der Waals surface area contributed by atoms with Gasteiger partial charge in [0.2, 0.25) is 0 Å². The molecule has 1 heterocycles. The maximum Gasteiger partial charge on any atom is 0.125 e. The number of benzene rings is 1. The van der Waals surface area contributed by atoms with Gasteiger partial charge in [0, 0.05) is 12.6 Å². The van der Waals surface area contributed by atoms with E-state index >= 15 is 0 Å². The average molecular weight is 205 g/mol. The molecule has 3 nitrogen and oxygen atoms in total. The van der Waals surface area contributed by atoms with E-state index in [4.69, 9.17) is 5.73 Å². The minimum Gasteiger partial charge on any atom is -0.330 e. The van der Waals surface area contributed by atoms with Gasteiger partial charge in [0.15, 0.2) is 0 Å². The normalized spacial score (nSPS) is 10.5.